The minimum atomic E-state index is -3.21. The van der Waals surface area contributed by atoms with E-state index < -0.39 is 14.3 Å². The molecular weight excluding hydrogens is 1260 g/mol. The molecule has 12 aromatic carbocycles. The predicted octanol–water partition coefficient (Wildman–Crippen LogP) is 20.5. The third kappa shape index (κ3) is 9.79. The van der Waals surface area contributed by atoms with E-state index in [9.17, 15) is 0 Å². The zero-order valence-corrected chi connectivity index (χ0v) is 58.4. The van der Waals surface area contributed by atoms with E-state index in [0.29, 0.717) is 5.44 Å². The first kappa shape index (κ1) is 62.1. The van der Waals surface area contributed by atoms with Gasteiger partial charge in [-0.05, 0) is 181 Å². The maximum absolute atomic E-state index is 15.2. The molecule has 0 saturated heterocycles. The first-order valence-electron chi connectivity index (χ1n) is 34.2. The molecule has 0 N–H and O–H groups in total. The van der Waals surface area contributed by atoms with Gasteiger partial charge in [0.05, 0.1) is 44.8 Å². The lowest BCUT2D eigenvalue weighted by Crippen LogP contribution is -2.30. The smallest absolute Gasteiger partial charge is 0.188 e. The van der Waals surface area contributed by atoms with Gasteiger partial charge in [0, 0.05) is 100 Å². The Balaban J connectivity index is 0.000000150. The molecule has 0 bridgehead atoms. The number of aromatic nitrogens is 4. The number of nitrogens with zero attached hydrogens (tertiary/aromatic N) is 6. The van der Waals surface area contributed by atoms with Gasteiger partial charge in [-0.15, -0.1) is 0 Å². The van der Waals surface area contributed by atoms with E-state index in [0.717, 1.165) is 82.5 Å². The van der Waals surface area contributed by atoms with Gasteiger partial charge in [-0.25, -0.2) is 0 Å². The molecule has 10 heteroatoms. The van der Waals surface area contributed by atoms with E-state index in [2.05, 4.69) is 283 Å². The minimum absolute atomic E-state index is 0.116. The van der Waals surface area contributed by atoms with E-state index in [1.54, 1.807) is 18.6 Å². The van der Waals surface area contributed by atoms with Crippen LogP contribution in [-0.2, 0) is 20.0 Å². The van der Waals surface area contributed by atoms with Crippen LogP contribution in [0.2, 0.25) is 0 Å². The van der Waals surface area contributed by atoms with E-state index in [1.807, 2.05) is 97.1 Å². The molecule has 0 saturated carbocycles. The second kappa shape index (κ2) is 24.2. The SMILES string of the molecule is Cc1cc(P(=O)(c2ccccc2)c2ccccn2)ccc1-n1c2ccccc2c2cc(N3c4ccccc4C(C)(C)c4ccccc43)ccc21.Cc1cc(P(=O)(c2ccccc2)c2ccncc2)ccc1-n1c2ccccc2c2cc(N3c4ccccc4C(C)(C)c4ccccc43)ccc21. The Labute approximate surface area is 583 Å². The van der Waals surface area contributed by atoms with Crippen LogP contribution in [0.3, 0.4) is 0 Å². The molecule has 2 aliphatic rings. The van der Waals surface area contributed by atoms with Crippen molar-refractivity contribution in [2.24, 2.45) is 0 Å². The van der Waals surface area contributed by atoms with Gasteiger partial charge < -0.3 is 28.1 Å². The second-order valence-corrected chi connectivity index (χ2v) is 32.8. The lowest BCUT2D eigenvalue weighted by molar-refractivity contribution is 0.591. The van der Waals surface area contributed by atoms with Crippen molar-refractivity contribution in [1.82, 2.24) is 19.1 Å². The first-order chi connectivity index (χ1) is 48.7. The summed E-state index contributed by atoms with van der Waals surface area (Å²) in [4.78, 5) is 13.6. The molecule has 0 spiro atoms. The van der Waals surface area contributed by atoms with Gasteiger partial charge in [0.25, 0.3) is 0 Å². The number of para-hydroxylation sites is 6. The maximum atomic E-state index is 15.2. The van der Waals surface area contributed by atoms with Crippen LogP contribution in [0.1, 0.15) is 61.1 Å². The fourth-order valence-corrected chi connectivity index (χ4v) is 21.3. The molecule has 16 aromatic rings. The largest absolute Gasteiger partial charge is 0.310 e. The van der Waals surface area contributed by atoms with Crippen molar-refractivity contribution >= 4 is 124 Å². The van der Waals surface area contributed by atoms with Gasteiger partial charge in [-0.2, -0.15) is 0 Å². The molecule has 6 heterocycles. The van der Waals surface area contributed by atoms with E-state index >= 15 is 9.13 Å². The average Bonchev–Trinajstić information content (AvgIpc) is 1.17. The van der Waals surface area contributed by atoms with Crippen molar-refractivity contribution in [2.45, 2.75) is 52.4 Å². The summed E-state index contributed by atoms with van der Waals surface area (Å²) in [5.41, 5.74) is 21.5. The van der Waals surface area contributed by atoms with Crippen LogP contribution in [0.4, 0.5) is 34.1 Å². The highest BCUT2D eigenvalue weighted by atomic mass is 31.2. The predicted molar refractivity (Wildman–Crippen MR) is 419 cm³/mol. The minimum Gasteiger partial charge on any atom is -0.310 e. The summed E-state index contributed by atoms with van der Waals surface area (Å²) in [5, 5.41) is 8.71. The fraction of sp³-hybridized carbons (Fsp3) is 0.0889. The highest BCUT2D eigenvalue weighted by Crippen LogP contribution is 2.55. The average molecular weight is 1330 g/mol. The molecule has 484 valence electrons. The second-order valence-electron chi connectivity index (χ2n) is 27.3. The van der Waals surface area contributed by atoms with E-state index in [1.165, 1.54) is 66.5 Å². The molecule has 100 heavy (non-hydrogen) atoms. The Kier molecular flexibility index (Phi) is 15.1. The summed E-state index contributed by atoms with van der Waals surface area (Å²) >= 11 is 0. The lowest BCUT2D eigenvalue weighted by Gasteiger charge is -2.42. The molecule has 0 fully saturated rings. The molecule has 0 aliphatic carbocycles. The Morgan fingerprint density at radius 2 is 0.650 bits per heavy atom. The van der Waals surface area contributed by atoms with Gasteiger partial charge in [-0.3, -0.25) is 9.97 Å². The number of rotatable bonds is 10. The zero-order valence-electron chi connectivity index (χ0n) is 56.6. The van der Waals surface area contributed by atoms with Crippen molar-refractivity contribution < 1.29 is 9.13 Å². The van der Waals surface area contributed by atoms with Crippen molar-refractivity contribution in [3.05, 3.63) is 361 Å². The quantitative estimate of drug-likeness (QED) is 0.127. The Morgan fingerprint density at radius 3 is 1.07 bits per heavy atom. The first-order valence-corrected chi connectivity index (χ1v) is 37.6. The summed E-state index contributed by atoms with van der Waals surface area (Å²) in [6.45, 7) is 13.5. The van der Waals surface area contributed by atoms with Crippen LogP contribution >= 0.6 is 14.3 Å². The van der Waals surface area contributed by atoms with Crippen LogP contribution in [0, 0.1) is 13.8 Å². The molecular formula is C90H72N6O2P2. The molecule has 18 rings (SSSR count). The maximum Gasteiger partial charge on any atom is 0.188 e. The van der Waals surface area contributed by atoms with Gasteiger partial charge >= 0.3 is 0 Å². The van der Waals surface area contributed by atoms with E-state index in [4.69, 9.17) is 0 Å². The number of anilines is 6. The van der Waals surface area contributed by atoms with Gasteiger partial charge in [-0.1, -0.05) is 204 Å². The lowest BCUT2D eigenvalue weighted by atomic mass is 9.73. The number of benzene rings is 12. The molecule has 4 aromatic heterocycles. The van der Waals surface area contributed by atoms with Crippen LogP contribution in [-0.4, -0.2) is 19.1 Å². The number of hydrogen-bond acceptors (Lipinski definition) is 6. The van der Waals surface area contributed by atoms with E-state index in [-0.39, 0.29) is 10.8 Å². The molecule has 8 nitrogen and oxygen atoms in total. The number of aryl methyl sites for hydroxylation is 2. The van der Waals surface area contributed by atoms with Crippen molar-refractivity contribution in [3.8, 4) is 11.4 Å². The standard InChI is InChI=1S/2C45H36N3OP/c1-31-29-34(50(49,33-15-5-4-6-16-33)44-23-13-14-28-46-44)25-27-39(31)48-40-20-10-7-17-35(40)36-30-32(24-26-41(36)48)47-42-21-11-8-18-37(42)45(2,3)38-19-9-12-22-43(38)47;1-31-29-35(50(49,33-13-5-4-6-14-33)34-25-27-46-28-26-34)22-24-40(31)48-41-18-10-7-15-36(41)37-30-32(21-23-42(37)48)47-43-19-11-8-16-38(43)45(2,3)39-17-9-12-20-44(39)47/h2*4-30H,1-3H3. The summed E-state index contributed by atoms with van der Waals surface area (Å²) in [6.07, 6.45) is 5.17. The van der Waals surface area contributed by atoms with Gasteiger partial charge in [0.15, 0.2) is 14.3 Å². The number of hydrogen-bond donors (Lipinski definition) is 0. The molecule has 0 radical (unpaired) electrons. The summed E-state index contributed by atoms with van der Waals surface area (Å²) in [7, 11) is -6.34. The number of pyridine rings is 2. The fourth-order valence-electron chi connectivity index (χ4n) is 16.0. The topological polar surface area (TPSA) is 76.3 Å². The van der Waals surface area contributed by atoms with Gasteiger partial charge in [0.2, 0.25) is 0 Å². The Bertz CT molecular complexity index is 5430. The Morgan fingerprint density at radius 1 is 0.290 bits per heavy atom. The highest BCUT2D eigenvalue weighted by Gasteiger charge is 2.39. The molecule has 2 unspecified atom stereocenters. The van der Waals surface area contributed by atoms with Crippen molar-refractivity contribution in [2.75, 3.05) is 9.80 Å². The van der Waals surface area contributed by atoms with Crippen LogP contribution in [0.5, 0.6) is 0 Å². The molecule has 0 amide bonds. The molecule has 2 atom stereocenters. The van der Waals surface area contributed by atoms with Crippen LogP contribution in [0.25, 0.3) is 55.0 Å². The third-order valence-electron chi connectivity index (χ3n) is 20.9. The molecule has 2 aliphatic heterocycles. The van der Waals surface area contributed by atoms with Crippen LogP contribution < -0.4 is 41.8 Å². The summed E-state index contributed by atoms with van der Waals surface area (Å²) in [5.74, 6) is 0. The number of fused-ring (bicyclic) bond motifs is 10. The Hall–Kier alpha value is -11.4. The zero-order chi connectivity index (χ0) is 68.1. The third-order valence-corrected chi connectivity index (χ3v) is 26.9. The summed E-state index contributed by atoms with van der Waals surface area (Å²) in [6, 6.07) is 108. The monoisotopic (exact) mass is 1330 g/mol. The normalized spacial score (nSPS) is 14.7. The van der Waals surface area contributed by atoms with Crippen molar-refractivity contribution in [1.29, 1.82) is 0 Å². The van der Waals surface area contributed by atoms with Gasteiger partial charge in [0.1, 0.15) is 5.44 Å². The van der Waals surface area contributed by atoms with Crippen LogP contribution in [0.15, 0.2) is 328 Å². The summed E-state index contributed by atoms with van der Waals surface area (Å²) < 4.78 is 35.0. The highest BCUT2D eigenvalue weighted by molar-refractivity contribution is 7.85. The van der Waals surface area contributed by atoms with Crippen molar-refractivity contribution in [3.63, 3.8) is 0 Å².